The lowest BCUT2D eigenvalue weighted by Gasteiger charge is -2.29. The minimum absolute atomic E-state index is 0.146. The van der Waals surface area contributed by atoms with Gasteiger partial charge in [-0.05, 0) is 0 Å². The molecule has 1 unspecified atom stereocenters. The molecule has 1 saturated heterocycles. The Kier molecular flexibility index (Phi) is 2.86. The first-order valence-electron chi connectivity index (χ1n) is 7.59. The van der Waals surface area contributed by atoms with E-state index in [-0.39, 0.29) is 11.5 Å². The molecule has 2 fully saturated rings. The lowest BCUT2D eigenvalue weighted by Crippen LogP contribution is -2.48. The molecule has 2 aliphatic rings. The van der Waals surface area contributed by atoms with Crippen molar-refractivity contribution in [3.8, 4) is 0 Å². The van der Waals surface area contributed by atoms with Crippen LogP contribution < -0.4 is 11.5 Å². The van der Waals surface area contributed by atoms with E-state index in [1.165, 1.54) is 17.2 Å². The second-order valence-electron chi connectivity index (χ2n) is 7.00. The number of nitrogens with two attached hydrogens (primary N) is 2. The SMILES string of the molecule is CC1(C)[C@]2(O)[C@H](n3cnc4c(N)ncnc43)O[C@H](C(O)C(N)=O)[C@]12O. The topological polar surface area (TPSA) is 183 Å². The maximum Gasteiger partial charge on any atom is 0.249 e. The number of rotatable bonds is 3. The first-order chi connectivity index (χ1) is 11.6. The summed E-state index contributed by atoms with van der Waals surface area (Å²) in [7, 11) is 0. The molecule has 4 rings (SSSR count). The fourth-order valence-electron chi connectivity index (χ4n) is 4.06. The average Bonchev–Trinajstić information content (AvgIpc) is 2.93. The first-order valence-corrected chi connectivity index (χ1v) is 7.59. The molecule has 1 aliphatic heterocycles. The van der Waals surface area contributed by atoms with Gasteiger partial charge in [-0.3, -0.25) is 9.36 Å². The number of nitrogens with zero attached hydrogens (tertiary/aromatic N) is 4. The minimum atomic E-state index is -1.88. The van der Waals surface area contributed by atoms with Crippen LogP contribution in [0.25, 0.3) is 11.2 Å². The number of anilines is 1. The number of hydrogen-bond acceptors (Lipinski definition) is 9. The van der Waals surface area contributed by atoms with Gasteiger partial charge in [-0.15, -0.1) is 0 Å². The van der Waals surface area contributed by atoms with Crippen molar-refractivity contribution in [3.63, 3.8) is 0 Å². The Bertz CT molecular complexity index is 899. The largest absolute Gasteiger partial charge is 0.383 e. The molecule has 1 aliphatic carbocycles. The number of aromatic nitrogens is 4. The van der Waals surface area contributed by atoms with Crippen molar-refractivity contribution in [2.45, 2.75) is 43.5 Å². The van der Waals surface area contributed by atoms with E-state index in [4.69, 9.17) is 16.2 Å². The fourth-order valence-corrected chi connectivity index (χ4v) is 4.06. The summed E-state index contributed by atoms with van der Waals surface area (Å²) in [5.41, 5.74) is 6.73. The molecule has 1 amide bonds. The zero-order chi connectivity index (χ0) is 18.4. The number of carbonyl (C=O) groups excluding carboxylic acids is 1. The summed E-state index contributed by atoms with van der Waals surface area (Å²) in [4.78, 5) is 23.4. The Labute approximate surface area is 141 Å². The van der Waals surface area contributed by atoms with E-state index < -0.39 is 41.0 Å². The zero-order valence-corrected chi connectivity index (χ0v) is 13.5. The van der Waals surface area contributed by atoms with Crippen LogP contribution in [0.2, 0.25) is 0 Å². The summed E-state index contributed by atoms with van der Waals surface area (Å²) in [5.74, 6) is -0.918. The average molecular weight is 350 g/mol. The number of imidazole rings is 1. The molecule has 11 nitrogen and oxygen atoms in total. The van der Waals surface area contributed by atoms with Gasteiger partial charge in [0, 0.05) is 5.41 Å². The Morgan fingerprint density at radius 1 is 1.32 bits per heavy atom. The molecule has 2 aromatic rings. The quantitative estimate of drug-likeness (QED) is 0.404. The van der Waals surface area contributed by atoms with Gasteiger partial charge in [-0.25, -0.2) is 15.0 Å². The van der Waals surface area contributed by atoms with E-state index in [0.717, 1.165) is 0 Å². The second kappa shape index (κ2) is 4.43. The minimum Gasteiger partial charge on any atom is -0.383 e. The summed E-state index contributed by atoms with van der Waals surface area (Å²) < 4.78 is 7.04. The van der Waals surface area contributed by atoms with Gasteiger partial charge in [0.2, 0.25) is 5.91 Å². The van der Waals surface area contributed by atoms with Gasteiger partial charge in [-0.1, -0.05) is 13.8 Å². The van der Waals surface area contributed by atoms with Crippen molar-refractivity contribution < 1.29 is 24.9 Å². The number of fused-ring (bicyclic) bond motifs is 2. The highest BCUT2D eigenvalue weighted by Crippen LogP contribution is 2.75. The number of ether oxygens (including phenoxy) is 1. The van der Waals surface area contributed by atoms with Crippen LogP contribution in [-0.2, 0) is 9.53 Å². The molecule has 25 heavy (non-hydrogen) atoms. The Hall–Kier alpha value is -2.34. The summed E-state index contributed by atoms with van der Waals surface area (Å²) in [6.07, 6.45) is -1.80. The highest BCUT2D eigenvalue weighted by Gasteiger charge is 2.93. The van der Waals surface area contributed by atoms with Crippen molar-refractivity contribution in [1.29, 1.82) is 0 Å². The zero-order valence-electron chi connectivity index (χ0n) is 13.5. The molecule has 0 radical (unpaired) electrons. The van der Waals surface area contributed by atoms with Crippen LogP contribution in [0, 0.1) is 5.41 Å². The normalized spacial score (nSPS) is 37.0. The third-order valence-corrected chi connectivity index (χ3v) is 5.69. The summed E-state index contributed by atoms with van der Waals surface area (Å²) in [6.45, 7) is 3.21. The highest BCUT2D eigenvalue weighted by molar-refractivity contribution is 5.82. The van der Waals surface area contributed by atoms with Crippen LogP contribution in [-0.4, -0.2) is 64.2 Å². The molecule has 0 spiro atoms. The first kappa shape index (κ1) is 16.1. The van der Waals surface area contributed by atoms with Gasteiger partial charge in [-0.2, -0.15) is 0 Å². The summed E-state index contributed by atoms with van der Waals surface area (Å²) in [5, 5.41) is 32.2. The van der Waals surface area contributed by atoms with E-state index in [9.17, 15) is 20.1 Å². The molecular formula is C14H18N6O5. The molecule has 11 heteroatoms. The lowest BCUT2D eigenvalue weighted by atomic mass is 9.97. The van der Waals surface area contributed by atoms with Crippen molar-refractivity contribution in [1.82, 2.24) is 19.5 Å². The number of nitrogen functional groups attached to an aromatic ring is 1. The fraction of sp³-hybridized carbons (Fsp3) is 0.571. The molecule has 134 valence electrons. The van der Waals surface area contributed by atoms with Crippen molar-refractivity contribution in [3.05, 3.63) is 12.7 Å². The Morgan fingerprint density at radius 3 is 2.64 bits per heavy atom. The van der Waals surface area contributed by atoms with Crippen LogP contribution >= 0.6 is 0 Å². The van der Waals surface area contributed by atoms with Crippen LogP contribution in [0.15, 0.2) is 12.7 Å². The van der Waals surface area contributed by atoms with E-state index >= 15 is 0 Å². The van der Waals surface area contributed by atoms with E-state index in [0.29, 0.717) is 5.52 Å². The van der Waals surface area contributed by atoms with E-state index in [2.05, 4.69) is 15.0 Å². The van der Waals surface area contributed by atoms with Crippen molar-refractivity contribution >= 4 is 22.9 Å². The Morgan fingerprint density at radius 2 is 2.00 bits per heavy atom. The second-order valence-corrected chi connectivity index (χ2v) is 7.00. The molecule has 3 heterocycles. The van der Waals surface area contributed by atoms with Gasteiger partial charge in [0.15, 0.2) is 23.8 Å². The molecule has 2 aromatic heterocycles. The molecular weight excluding hydrogens is 332 g/mol. The number of carbonyl (C=O) groups is 1. The van der Waals surface area contributed by atoms with Crippen LogP contribution in [0.1, 0.15) is 20.1 Å². The van der Waals surface area contributed by atoms with Gasteiger partial charge in [0.1, 0.15) is 29.2 Å². The maximum atomic E-state index is 11.4. The molecule has 0 bridgehead atoms. The molecule has 0 aromatic carbocycles. The predicted octanol–water partition coefficient (Wildman–Crippen LogP) is -2.35. The van der Waals surface area contributed by atoms with E-state index in [1.54, 1.807) is 13.8 Å². The van der Waals surface area contributed by atoms with Gasteiger partial charge < -0.3 is 31.5 Å². The molecule has 7 N–H and O–H groups in total. The summed E-state index contributed by atoms with van der Waals surface area (Å²) >= 11 is 0. The standard InChI is InChI=1S/C14H18N6O5/c1-12(2)13(23)7(6(21)9(16)22)25-11(14(12,13)24)20-4-19-5-8(15)17-3-18-10(5)20/h3-4,6-7,11,21,23-24H,1-2H3,(H2,16,22)(H2,15,17,18)/t6?,7-,11-,13+,14-/m1/s1. The van der Waals surface area contributed by atoms with Crippen molar-refractivity contribution in [2.75, 3.05) is 5.73 Å². The number of hydrogen-bond donors (Lipinski definition) is 5. The van der Waals surface area contributed by atoms with Gasteiger partial charge in [0.25, 0.3) is 0 Å². The van der Waals surface area contributed by atoms with Gasteiger partial charge in [0.05, 0.1) is 6.33 Å². The molecule has 5 atom stereocenters. The summed E-state index contributed by atoms with van der Waals surface area (Å²) in [6, 6.07) is 0. The van der Waals surface area contributed by atoms with Gasteiger partial charge >= 0.3 is 0 Å². The third-order valence-electron chi connectivity index (χ3n) is 5.69. The van der Waals surface area contributed by atoms with Crippen LogP contribution in [0.5, 0.6) is 0 Å². The maximum absolute atomic E-state index is 11.4. The van der Waals surface area contributed by atoms with Crippen molar-refractivity contribution in [2.24, 2.45) is 11.1 Å². The smallest absolute Gasteiger partial charge is 0.249 e. The Balaban J connectivity index is 1.86. The predicted molar refractivity (Wildman–Crippen MR) is 82.5 cm³/mol. The van der Waals surface area contributed by atoms with Crippen LogP contribution in [0.3, 0.4) is 0 Å². The highest BCUT2D eigenvalue weighted by atomic mass is 16.6. The number of primary amides is 1. The number of aliphatic hydroxyl groups excluding tert-OH is 1. The van der Waals surface area contributed by atoms with Crippen LogP contribution in [0.4, 0.5) is 5.82 Å². The third kappa shape index (κ3) is 1.54. The number of aliphatic hydroxyl groups is 3. The monoisotopic (exact) mass is 350 g/mol. The lowest BCUT2D eigenvalue weighted by molar-refractivity contribution is -0.160. The molecule has 1 saturated carbocycles. The number of amides is 1. The van der Waals surface area contributed by atoms with E-state index in [1.807, 2.05) is 0 Å².